The summed E-state index contributed by atoms with van der Waals surface area (Å²) in [5.74, 6) is -3.76. The van der Waals surface area contributed by atoms with Crippen molar-refractivity contribution in [3.05, 3.63) is 46.6 Å². The SMILES string of the molecule is Cc1cc(NC(=O)C(=O)NCCCc2ccc3c(c2)C(=O)N(C2CCC(=O)NC2=O)C3=O)sn1. The Hall–Kier alpha value is -3.93. The normalized spacial score (nSPS) is 17.4. The first-order chi connectivity index (χ1) is 16.2. The maximum absolute atomic E-state index is 12.9. The quantitative estimate of drug-likeness (QED) is 0.308. The summed E-state index contributed by atoms with van der Waals surface area (Å²) in [6.45, 7) is 2.02. The summed E-state index contributed by atoms with van der Waals surface area (Å²) in [6.07, 6.45) is 1.14. The molecule has 1 saturated heterocycles. The highest BCUT2D eigenvalue weighted by Crippen LogP contribution is 2.28. The van der Waals surface area contributed by atoms with E-state index in [0.717, 1.165) is 27.7 Å². The van der Waals surface area contributed by atoms with E-state index < -0.39 is 41.5 Å². The van der Waals surface area contributed by atoms with Crippen molar-refractivity contribution < 1.29 is 28.8 Å². The summed E-state index contributed by atoms with van der Waals surface area (Å²) in [7, 11) is 0. The van der Waals surface area contributed by atoms with E-state index in [0.29, 0.717) is 17.8 Å². The van der Waals surface area contributed by atoms with Crippen LogP contribution in [0, 0.1) is 6.92 Å². The van der Waals surface area contributed by atoms with Crippen molar-refractivity contribution in [2.24, 2.45) is 0 Å². The van der Waals surface area contributed by atoms with Crippen LogP contribution in [0.1, 0.15) is 51.2 Å². The Balaban J connectivity index is 1.31. The van der Waals surface area contributed by atoms with Gasteiger partial charge in [-0.25, -0.2) is 0 Å². The van der Waals surface area contributed by atoms with Crippen LogP contribution in [0.3, 0.4) is 0 Å². The first-order valence-electron chi connectivity index (χ1n) is 10.6. The number of aryl methyl sites for hydroxylation is 2. The molecule has 1 aromatic carbocycles. The molecule has 1 fully saturated rings. The molecule has 2 aromatic rings. The molecule has 34 heavy (non-hydrogen) atoms. The number of anilines is 1. The van der Waals surface area contributed by atoms with Crippen LogP contribution in [0.4, 0.5) is 5.00 Å². The number of hydrogen-bond donors (Lipinski definition) is 3. The number of carbonyl (C=O) groups is 6. The lowest BCUT2D eigenvalue weighted by Gasteiger charge is -2.27. The molecular weight excluding hydrogens is 462 g/mol. The second-order valence-corrected chi connectivity index (χ2v) is 8.78. The highest BCUT2D eigenvalue weighted by molar-refractivity contribution is 7.10. The van der Waals surface area contributed by atoms with E-state index in [1.54, 1.807) is 31.2 Å². The lowest BCUT2D eigenvalue weighted by molar-refractivity contribution is -0.136. The van der Waals surface area contributed by atoms with Crippen LogP contribution >= 0.6 is 11.5 Å². The van der Waals surface area contributed by atoms with E-state index in [9.17, 15) is 28.8 Å². The van der Waals surface area contributed by atoms with E-state index in [-0.39, 0.29) is 30.5 Å². The monoisotopic (exact) mass is 483 g/mol. The molecule has 12 heteroatoms. The summed E-state index contributed by atoms with van der Waals surface area (Å²) in [6, 6.07) is 5.50. The van der Waals surface area contributed by atoms with E-state index in [2.05, 4.69) is 20.3 Å². The Bertz CT molecular complexity index is 1220. The first kappa shape index (κ1) is 23.2. The maximum atomic E-state index is 12.9. The summed E-state index contributed by atoms with van der Waals surface area (Å²) >= 11 is 1.09. The molecular formula is C22H21N5O6S. The Morgan fingerprint density at radius 1 is 1.12 bits per heavy atom. The lowest BCUT2D eigenvalue weighted by atomic mass is 10.0. The Morgan fingerprint density at radius 2 is 1.88 bits per heavy atom. The second kappa shape index (κ2) is 9.51. The maximum Gasteiger partial charge on any atom is 0.314 e. The lowest BCUT2D eigenvalue weighted by Crippen LogP contribution is -2.54. The Kier molecular flexibility index (Phi) is 6.50. The van der Waals surface area contributed by atoms with Gasteiger partial charge in [0.1, 0.15) is 11.0 Å². The number of benzene rings is 1. The molecule has 0 saturated carbocycles. The van der Waals surface area contributed by atoms with Crippen molar-refractivity contribution in [3.63, 3.8) is 0 Å². The van der Waals surface area contributed by atoms with Crippen LogP contribution in [0.15, 0.2) is 24.3 Å². The van der Waals surface area contributed by atoms with Crippen molar-refractivity contribution >= 4 is 52.0 Å². The van der Waals surface area contributed by atoms with Crippen molar-refractivity contribution in [2.45, 2.75) is 38.6 Å². The number of fused-ring (bicyclic) bond motifs is 1. The summed E-state index contributed by atoms with van der Waals surface area (Å²) < 4.78 is 4.02. The van der Waals surface area contributed by atoms with Gasteiger partial charge in [0.05, 0.1) is 16.8 Å². The second-order valence-electron chi connectivity index (χ2n) is 7.97. The van der Waals surface area contributed by atoms with Crippen molar-refractivity contribution in [3.8, 4) is 0 Å². The molecule has 0 aliphatic carbocycles. The van der Waals surface area contributed by atoms with E-state index in [4.69, 9.17) is 0 Å². The third kappa shape index (κ3) is 4.71. The van der Waals surface area contributed by atoms with Gasteiger partial charge in [0.2, 0.25) is 11.8 Å². The summed E-state index contributed by atoms with van der Waals surface area (Å²) in [4.78, 5) is 73.9. The molecule has 0 radical (unpaired) electrons. The number of carbonyl (C=O) groups excluding carboxylic acids is 6. The van der Waals surface area contributed by atoms with Crippen molar-refractivity contribution in [1.82, 2.24) is 19.9 Å². The number of piperidine rings is 1. The number of aromatic nitrogens is 1. The molecule has 1 unspecified atom stereocenters. The van der Waals surface area contributed by atoms with Crippen molar-refractivity contribution in [2.75, 3.05) is 11.9 Å². The Labute approximate surface area is 198 Å². The molecule has 3 heterocycles. The third-order valence-corrected chi connectivity index (χ3v) is 6.30. The van der Waals surface area contributed by atoms with Gasteiger partial charge in [-0.1, -0.05) is 6.07 Å². The predicted molar refractivity (Wildman–Crippen MR) is 120 cm³/mol. The van der Waals surface area contributed by atoms with Crippen LogP contribution in [0.2, 0.25) is 0 Å². The minimum absolute atomic E-state index is 0.0582. The fraction of sp³-hybridized carbons (Fsp3) is 0.318. The summed E-state index contributed by atoms with van der Waals surface area (Å²) in [5, 5.41) is 7.67. The number of imide groups is 2. The number of hydrogen-bond acceptors (Lipinski definition) is 8. The van der Waals surface area contributed by atoms with Gasteiger partial charge in [-0.05, 0) is 61.5 Å². The van der Waals surface area contributed by atoms with Crippen LogP contribution in [0.25, 0.3) is 0 Å². The third-order valence-electron chi connectivity index (χ3n) is 5.50. The molecule has 176 valence electrons. The van der Waals surface area contributed by atoms with Gasteiger partial charge in [0, 0.05) is 13.0 Å². The van der Waals surface area contributed by atoms with Gasteiger partial charge < -0.3 is 10.6 Å². The highest BCUT2D eigenvalue weighted by Gasteiger charge is 2.44. The molecule has 1 aromatic heterocycles. The van der Waals surface area contributed by atoms with Gasteiger partial charge in [0.25, 0.3) is 11.8 Å². The van der Waals surface area contributed by atoms with E-state index in [1.807, 2.05) is 0 Å². The molecule has 6 amide bonds. The number of amides is 6. The molecule has 1 atom stereocenters. The first-order valence-corrected chi connectivity index (χ1v) is 11.4. The zero-order valence-electron chi connectivity index (χ0n) is 18.2. The van der Waals surface area contributed by atoms with Crippen LogP contribution in [-0.2, 0) is 25.6 Å². The van der Waals surface area contributed by atoms with Crippen molar-refractivity contribution in [1.29, 1.82) is 0 Å². The standard InChI is InChI=1S/C22H21N5O6S/c1-11-9-17(34-26-11)25-20(31)19(30)23-8-2-3-12-4-5-13-14(10-12)22(33)27(21(13)32)15-6-7-16(28)24-18(15)29/h4-5,9-10,15H,2-3,6-8H2,1H3,(H,23,30)(H,25,31)(H,24,28,29). The molecule has 0 spiro atoms. The average Bonchev–Trinajstić information content (AvgIpc) is 3.31. The highest BCUT2D eigenvalue weighted by atomic mass is 32.1. The van der Waals surface area contributed by atoms with Gasteiger partial charge >= 0.3 is 11.8 Å². The molecule has 11 nitrogen and oxygen atoms in total. The molecule has 2 aliphatic rings. The predicted octanol–water partition coefficient (Wildman–Crippen LogP) is 0.540. The topological polar surface area (TPSA) is 155 Å². The minimum Gasteiger partial charge on any atom is -0.348 e. The summed E-state index contributed by atoms with van der Waals surface area (Å²) in [5.41, 5.74) is 1.93. The average molecular weight is 484 g/mol. The smallest absolute Gasteiger partial charge is 0.314 e. The van der Waals surface area contributed by atoms with Gasteiger partial charge in [-0.2, -0.15) is 4.37 Å². The molecule has 3 N–H and O–H groups in total. The van der Waals surface area contributed by atoms with E-state index in [1.165, 1.54) is 0 Å². The fourth-order valence-corrected chi connectivity index (χ4v) is 4.50. The Morgan fingerprint density at radius 3 is 2.59 bits per heavy atom. The largest absolute Gasteiger partial charge is 0.348 e. The molecule has 2 aliphatic heterocycles. The van der Waals surface area contributed by atoms with Gasteiger partial charge in [0.15, 0.2) is 0 Å². The van der Waals surface area contributed by atoms with Crippen LogP contribution in [-0.4, -0.2) is 57.3 Å². The fourth-order valence-electron chi connectivity index (χ4n) is 3.84. The molecule has 4 rings (SSSR count). The van der Waals surface area contributed by atoms with Crippen LogP contribution < -0.4 is 16.0 Å². The number of nitrogens with one attached hydrogen (secondary N) is 3. The zero-order chi connectivity index (χ0) is 24.4. The molecule has 0 bridgehead atoms. The van der Waals surface area contributed by atoms with Gasteiger partial charge in [-0.15, -0.1) is 0 Å². The van der Waals surface area contributed by atoms with Crippen LogP contribution in [0.5, 0.6) is 0 Å². The van der Waals surface area contributed by atoms with E-state index >= 15 is 0 Å². The number of rotatable bonds is 6. The minimum atomic E-state index is -1.01. The number of nitrogens with zero attached hydrogens (tertiary/aromatic N) is 2. The zero-order valence-corrected chi connectivity index (χ0v) is 19.0. The van der Waals surface area contributed by atoms with Gasteiger partial charge in [-0.3, -0.25) is 39.0 Å².